The van der Waals surface area contributed by atoms with E-state index in [0.717, 1.165) is 39.1 Å². The largest absolute Gasteiger partial charge is 0.389 e. The van der Waals surface area contributed by atoms with Crippen molar-refractivity contribution < 1.29 is 9.84 Å². The summed E-state index contributed by atoms with van der Waals surface area (Å²) >= 11 is 0. The number of hydrogen-bond acceptors (Lipinski definition) is 3. The molecule has 2 rings (SSSR count). The Labute approximate surface area is 105 Å². The highest BCUT2D eigenvalue weighted by Gasteiger charge is 2.36. The Hall–Kier alpha value is -0.120. The zero-order valence-electron chi connectivity index (χ0n) is 11.2. The van der Waals surface area contributed by atoms with Crippen LogP contribution in [0.1, 0.15) is 51.9 Å². The molecule has 1 saturated heterocycles. The van der Waals surface area contributed by atoms with Crippen molar-refractivity contribution in [2.24, 2.45) is 0 Å². The van der Waals surface area contributed by atoms with Gasteiger partial charge in [-0.15, -0.1) is 0 Å². The summed E-state index contributed by atoms with van der Waals surface area (Å²) in [6, 6.07) is 0. The summed E-state index contributed by atoms with van der Waals surface area (Å²) in [6.07, 6.45) is 8.47. The molecular weight excluding hydrogens is 214 g/mol. The highest BCUT2D eigenvalue weighted by Crippen LogP contribution is 2.30. The standard InChI is InChI=1S/C14H27NO2/c1-2-3-9-17-13-10-15(11-13)12-14(16)7-5-4-6-8-14/h13,16H,2-12H2,1H3. The number of rotatable bonds is 6. The molecule has 100 valence electrons. The molecule has 2 aliphatic rings. The summed E-state index contributed by atoms with van der Waals surface area (Å²) in [5.41, 5.74) is -0.396. The molecule has 0 aromatic heterocycles. The SMILES string of the molecule is CCCCOC1CN(CC2(O)CCCCC2)C1. The second-order valence-corrected chi connectivity index (χ2v) is 5.83. The molecule has 3 nitrogen and oxygen atoms in total. The average molecular weight is 241 g/mol. The number of unbranched alkanes of at least 4 members (excludes halogenated alkanes) is 1. The van der Waals surface area contributed by atoms with Crippen molar-refractivity contribution in [1.82, 2.24) is 4.90 Å². The summed E-state index contributed by atoms with van der Waals surface area (Å²) in [4.78, 5) is 2.35. The Morgan fingerprint density at radius 1 is 1.24 bits per heavy atom. The van der Waals surface area contributed by atoms with Crippen molar-refractivity contribution in [1.29, 1.82) is 0 Å². The molecule has 3 heteroatoms. The second kappa shape index (κ2) is 6.17. The Kier molecular flexibility index (Phi) is 4.83. The molecule has 0 unspecified atom stereocenters. The van der Waals surface area contributed by atoms with Gasteiger partial charge in [-0.05, 0) is 19.3 Å². The third-order valence-electron chi connectivity index (χ3n) is 4.08. The van der Waals surface area contributed by atoms with Crippen molar-refractivity contribution in [2.45, 2.75) is 63.6 Å². The van der Waals surface area contributed by atoms with E-state index in [9.17, 15) is 5.11 Å². The molecule has 1 N–H and O–H groups in total. The molecule has 0 atom stereocenters. The first kappa shape index (κ1) is 13.3. The van der Waals surface area contributed by atoms with Gasteiger partial charge in [0, 0.05) is 26.2 Å². The van der Waals surface area contributed by atoms with Gasteiger partial charge in [0.1, 0.15) is 0 Å². The van der Waals surface area contributed by atoms with Crippen molar-refractivity contribution >= 4 is 0 Å². The van der Waals surface area contributed by atoms with E-state index >= 15 is 0 Å². The Balaban J connectivity index is 1.59. The highest BCUT2D eigenvalue weighted by atomic mass is 16.5. The van der Waals surface area contributed by atoms with Crippen LogP contribution in [0, 0.1) is 0 Å². The van der Waals surface area contributed by atoms with Crippen LogP contribution in [-0.2, 0) is 4.74 Å². The second-order valence-electron chi connectivity index (χ2n) is 5.83. The summed E-state index contributed by atoms with van der Waals surface area (Å²) in [5.74, 6) is 0. The van der Waals surface area contributed by atoms with Crippen LogP contribution in [0.2, 0.25) is 0 Å². The lowest BCUT2D eigenvalue weighted by Crippen LogP contribution is -2.57. The number of ether oxygens (including phenoxy) is 1. The lowest BCUT2D eigenvalue weighted by molar-refractivity contribution is -0.0980. The molecule has 0 aromatic rings. The lowest BCUT2D eigenvalue weighted by Gasteiger charge is -2.44. The van der Waals surface area contributed by atoms with E-state index < -0.39 is 5.60 Å². The van der Waals surface area contributed by atoms with Crippen LogP contribution in [0.3, 0.4) is 0 Å². The topological polar surface area (TPSA) is 32.7 Å². The van der Waals surface area contributed by atoms with Gasteiger partial charge in [-0.1, -0.05) is 32.6 Å². The monoisotopic (exact) mass is 241 g/mol. The van der Waals surface area contributed by atoms with Crippen LogP contribution in [0.15, 0.2) is 0 Å². The molecule has 0 radical (unpaired) electrons. The maximum Gasteiger partial charge on any atom is 0.0828 e. The van der Waals surface area contributed by atoms with Crippen LogP contribution in [0.25, 0.3) is 0 Å². The van der Waals surface area contributed by atoms with E-state index in [1.165, 1.54) is 32.1 Å². The van der Waals surface area contributed by atoms with Gasteiger partial charge in [0.15, 0.2) is 0 Å². The first-order valence-corrected chi connectivity index (χ1v) is 7.28. The molecule has 17 heavy (non-hydrogen) atoms. The van der Waals surface area contributed by atoms with Crippen molar-refractivity contribution in [3.05, 3.63) is 0 Å². The third kappa shape index (κ3) is 3.94. The smallest absolute Gasteiger partial charge is 0.0828 e. The number of likely N-dealkylation sites (tertiary alicyclic amines) is 1. The maximum atomic E-state index is 10.4. The van der Waals surface area contributed by atoms with Gasteiger partial charge < -0.3 is 9.84 Å². The van der Waals surface area contributed by atoms with E-state index in [0.29, 0.717) is 6.10 Å². The van der Waals surface area contributed by atoms with Gasteiger partial charge in [-0.3, -0.25) is 4.90 Å². The van der Waals surface area contributed by atoms with E-state index in [2.05, 4.69) is 11.8 Å². The van der Waals surface area contributed by atoms with Gasteiger partial charge in [0.2, 0.25) is 0 Å². The Bertz CT molecular complexity index is 220. The number of hydrogen-bond donors (Lipinski definition) is 1. The Morgan fingerprint density at radius 2 is 1.94 bits per heavy atom. The average Bonchev–Trinajstić information content (AvgIpc) is 2.26. The molecule has 1 aliphatic carbocycles. The molecule has 1 heterocycles. The molecule has 0 amide bonds. The fraction of sp³-hybridized carbons (Fsp3) is 1.00. The van der Waals surface area contributed by atoms with E-state index in [-0.39, 0.29) is 0 Å². The molecule has 1 saturated carbocycles. The van der Waals surface area contributed by atoms with Gasteiger partial charge in [0.05, 0.1) is 11.7 Å². The van der Waals surface area contributed by atoms with Crippen LogP contribution in [-0.4, -0.2) is 48.0 Å². The molecule has 0 spiro atoms. The summed E-state index contributed by atoms with van der Waals surface area (Å²) in [7, 11) is 0. The van der Waals surface area contributed by atoms with E-state index in [1.54, 1.807) is 0 Å². The van der Waals surface area contributed by atoms with E-state index in [1.807, 2.05) is 0 Å². The minimum absolute atomic E-state index is 0.396. The van der Waals surface area contributed by atoms with Gasteiger partial charge >= 0.3 is 0 Å². The maximum absolute atomic E-state index is 10.4. The van der Waals surface area contributed by atoms with Gasteiger partial charge in [-0.2, -0.15) is 0 Å². The van der Waals surface area contributed by atoms with Gasteiger partial charge in [0.25, 0.3) is 0 Å². The normalized spacial score (nSPS) is 25.8. The zero-order valence-corrected chi connectivity index (χ0v) is 11.2. The molecule has 2 fully saturated rings. The van der Waals surface area contributed by atoms with Crippen molar-refractivity contribution in [3.63, 3.8) is 0 Å². The lowest BCUT2D eigenvalue weighted by atomic mass is 9.84. The van der Waals surface area contributed by atoms with Crippen LogP contribution < -0.4 is 0 Å². The van der Waals surface area contributed by atoms with Crippen LogP contribution in [0.5, 0.6) is 0 Å². The predicted molar refractivity (Wildman–Crippen MR) is 69.1 cm³/mol. The van der Waals surface area contributed by atoms with Gasteiger partial charge in [-0.25, -0.2) is 0 Å². The van der Waals surface area contributed by atoms with E-state index in [4.69, 9.17) is 4.74 Å². The van der Waals surface area contributed by atoms with Crippen LogP contribution in [0.4, 0.5) is 0 Å². The zero-order chi connectivity index (χ0) is 12.1. The number of nitrogens with zero attached hydrogens (tertiary/aromatic N) is 1. The quantitative estimate of drug-likeness (QED) is 0.724. The Morgan fingerprint density at radius 3 is 2.59 bits per heavy atom. The fourth-order valence-corrected chi connectivity index (χ4v) is 2.94. The van der Waals surface area contributed by atoms with Crippen LogP contribution >= 0.6 is 0 Å². The molecular formula is C14H27NO2. The summed E-state index contributed by atoms with van der Waals surface area (Å²) in [5, 5.41) is 10.4. The minimum Gasteiger partial charge on any atom is -0.389 e. The summed E-state index contributed by atoms with van der Waals surface area (Å²) in [6.45, 7) is 5.99. The van der Waals surface area contributed by atoms with Crippen molar-refractivity contribution in [2.75, 3.05) is 26.2 Å². The predicted octanol–water partition coefficient (Wildman–Crippen LogP) is 2.18. The summed E-state index contributed by atoms with van der Waals surface area (Å²) < 4.78 is 5.75. The minimum atomic E-state index is -0.396. The van der Waals surface area contributed by atoms with Crippen molar-refractivity contribution in [3.8, 4) is 0 Å². The number of β-amino-alcohol motifs (C(OH)–C–C–N with tert-alkyl or cyclic N) is 1. The third-order valence-corrected chi connectivity index (χ3v) is 4.08. The number of aliphatic hydroxyl groups is 1. The fourth-order valence-electron chi connectivity index (χ4n) is 2.94. The molecule has 0 bridgehead atoms. The highest BCUT2D eigenvalue weighted by molar-refractivity contribution is 4.90. The first-order valence-electron chi connectivity index (χ1n) is 7.28. The first-order chi connectivity index (χ1) is 8.22. The molecule has 1 aliphatic heterocycles. The molecule has 0 aromatic carbocycles.